The molecule has 1 aromatic carbocycles. The van der Waals surface area contributed by atoms with Gasteiger partial charge in [0.1, 0.15) is 5.00 Å². The van der Waals surface area contributed by atoms with Crippen molar-refractivity contribution in [1.29, 1.82) is 0 Å². The Bertz CT molecular complexity index is 652. The molecule has 2 aromatic rings. The number of anilines is 1. The van der Waals surface area contributed by atoms with E-state index < -0.39 is 0 Å². The first-order valence-corrected chi connectivity index (χ1v) is 6.74. The van der Waals surface area contributed by atoms with Gasteiger partial charge in [0.2, 0.25) is 0 Å². The molecule has 1 heterocycles. The van der Waals surface area contributed by atoms with E-state index in [1.54, 1.807) is 6.20 Å². The van der Waals surface area contributed by atoms with E-state index in [0.29, 0.717) is 15.7 Å². The number of rotatable bonds is 3. The quantitative estimate of drug-likeness (QED) is 0.691. The van der Waals surface area contributed by atoms with Gasteiger partial charge in [0.05, 0.1) is 11.4 Å². The number of nitrogens with one attached hydrogen (secondary N) is 1. The van der Waals surface area contributed by atoms with Gasteiger partial charge in [0.25, 0.3) is 5.91 Å². The number of nitrogens with zero attached hydrogens (tertiary/aromatic N) is 2. The fourth-order valence-electron chi connectivity index (χ4n) is 1.70. The summed E-state index contributed by atoms with van der Waals surface area (Å²) in [5.74, 6) is -0.181. The number of thiazole rings is 1. The lowest BCUT2D eigenvalue weighted by Crippen LogP contribution is -2.12. The molecule has 2 rings (SSSR count). The number of hydrogen-bond acceptors (Lipinski definition) is 5. The molecule has 0 aliphatic carbocycles. The standard InChI is InChI=1S/C13H11N3OS2/c1-8-3-9(2)5-10(4-8)12(17)16-13-14-6-11(19-13)15-7-18/h3-6H,1-2H3,(H,14,16,17). The number of carbonyl (C=O) groups is 1. The van der Waals surface area contributed by atoms with Crippen LogP contribution in [-0.4, -0.2) is 16.1 Å². The van der Waals surface area contributed by atoms with E-state index >= 15 is 0 Å². The minimum atomic E-state index is -0.181. The van der Waals surface area contributed by atoms with E-state index in [0.717, 1.165) is 11.1 Å². The molecule has 6 heteroatoms. The van der Waals surface area contributed by atoms with Crippen LogP contribution in [0.4, 0.5) is 10.1 Å². The molecule has 0 aliphatic rings. The Balaban J connectivity index is 2.17. The molecule has 4 nitrogen and oxygen atoms in total. The third kappa shape index (κ3) is 3.54. The zero-order valence-electron chi connectivity index (χ0n) is 10.4. The van der Waals surface area contributed by atoms with Crippen molar-refractivity contribution in [3.05, 3.63) is 41.1 Å². The SMILES string of the molecule is Cc1cc(C)cc(C(=O)Nc2ncc(N=C=S)s2)c1. The summed E-state index contributed by atoms with van der Waals surface area (Å²) in [6, 6.07) is 5.70. The molecule has 1 aromatic heterocycles. The van der Waals surface area contributed by atoms with Crippen LogP contribution in [0.15, 0.2) is 29.4 Å². The van der Waals surface area contributed by atoms with Gasteiger partial charge in [-0.25, -0.2) is 4.98 Å². The van der Waals surface area contributed by atoms with Gasteiger partial charge in [0, 0.05) is 5.56 Å². The van der Waals surface area contributed by atoms with Gasteiger partial charge >= 0.3 is 0 Å². The third-order valence-electron chi connectivity index (χ3n) is 2.35. The summed E-state index contributed by atoms with van der Waals surface area (Å²) in [7, 11) is 0. The predicted octanol–water partition coefficient (Wildman–Crippen LogP) is 3.75. The first-order chi connectivity index (χ1) is 9.08. The molecule has 0 radical (unpaired) electrons. The minimum Gasteiger partial charge on any atom is -0.298 e. The van der Waals surface area contributed by atoms with Crippen LogP contribution in [0, 0.1) is 13.8 Å². The van der Waals surface area contributed by atoms with E-state index in [4.69, 9.17) is 0 Å². The van der Waals surface area contributed by atoms with Gasteiger partial charge in [-0.2, -0.15) is 4.99 Å². The largest absolute Gasteiger partial charge is 0.298 e. The average molecular weight is 289 g/mol. The van der Waals surface area contributed by atoms with Crippen molar-refractivity contribution in [3.8, 4) is 0 Å². The summed E-state index contributed by atoms with van der Waals surface area (Å²) in [6.07, 6.45) is 1.54. The van der Waals surface area contributed by atoms with Crippen molar-refractivity contribution >= 4 is 44.8 Å². The number of isothiocyanates is 1. The Hall–Kier alpha value is -1.88. The highest BCUT2D eigenvalue weighted by molar-refractivity contribution is 7.78. The average Bonchev–Trinajstić information content (AvgIpc) is 2.76. The molecule has 0 fully saturated rings. The zero-order chi connectivity index (χ0) is 13.8. The summed E-state index contributed by atoms with van der Waals surface area (Å²) in [5.41, 5.74) is 2.72. The van der Waals surface area contributed by atoms with E-state index in [1.807, 2.05) is 32.0 Å². The van der Waals surface area contributed by atoms with E-state index in [2.05, 4.69) is 32.7 Å². The molecule has 1 amide bonds. The second-order valence-electron chi connectivity index (χ2n) is 4.04. The molecule has 0 atom stereocenters. The number of carbonyl (C=O) groups excluding carboxylic acids is 1. The summed E-state index contributed by atoms with van der Waals surface area (Å²) >= 11 is 5.76. The highest BCUT2D eigenvalue weighted by atomic mass is 32.1. The van der Waals surface area contributed by atoms with Crippen LogP contribution >= 0.6 is 23.6 Å². The van der Waals surface area contributed by atoms with Gasteiger partial charge < -0.3 is 0 Å². The number of hydrogen-bond donors (Lipinski definition) is 1. The lowest BCUT2D eigenvalue weighted by atomic mass is 10.1. The molecule has 0 aliphatic heterocycles. The Morgan fingerprint density at radius 1 is 1.37 bits per heavy atom. The topological polar surface area (TPSA) is 54.4 Å². The number of amides is 1. The van der Waals surface area contributed by atoms with Gasteiger partial charge in [-0.3, -0.25) is 10.1 Å². The molecule has 0 spiro atoms. The van der Waals surface area contributed by atoms with Gasteiger partial charge in [0.15, 0.2) is 5.13 Å². The second kappa shape index (κ2) is 5.84. The van der Waals surface area contributed by atoms with Crippen LogP contribution < -0.4 is 5.32 Å². The van der Waals surface area contributed by atoms with Crippen molar-refractivity contribution in [2.45, 2.75) is 13.8 Å². The fraction of sp³-hybridized carbons (Fsp3) is 0.154. The number of aryl methyl sites for hydroxylation is 2. The minimum absolute atomic E-state index is 0.181. The fourth-order valence-corrected chi connectivity index (χ4v) is 2.50. The van der Waals surface area contributed by atoms with Crippen LogP contribution in [-0.2, 0) is 0 Å². The molecule has 19 heavy (non-hydrogen) atoms. The number of benzene rings is 1. The molecule has 1 N–H and O–H groups in total. The van der Waals surface area contributed by atoms with Crippen LogP contribution in [0.1, 0.15) is 21.5 Å². The van der Waals surface area contributed by atoms with Gasteiger partial charge in [-0.05, 0) is 38.2 Å². The smallest absolute Gasteiger partial charge is 0.257 e. The Kier molecular flexibility index (Phi) is 4.16. The first-order valence-electron chi connectivity index (χ1n) is 5.52. The van der Waals surface area contributed by atoms with Gasteiger partial charge in [-0.1, -0.05) is 28.5 Å². The van der Waals surface area contributed by atoms with Crippen LogP contribution in [0.3, 0.4) is 0 Å². The zero-order valence-corrected chi connectivity index (χ0v) is 12.1. The van der Waals surface area contributed by atoms with Crippen molar-refractivity contribution in [2.24, 2.45) is 4.99 Å². The van der Waals surface area contributed by atoms with Crippen molar-refractivity contribution in [1.82, 2.24) is 4.98 Å². The molecule has 0 saturated carbocycles. The number of aromatic nitrogens is 1. The summed E-state index contributed by atoms with van der Waals surface area (Å²) in [5, 5.41) is 6.11. The Morgan fingerprint density at radius 2 is 2.05 bits per heavy atom. The highest BCUT2D eigenvalue weighted by Crippen LogP contribution is 2.25. The second-order valence-corrected chi connectivity index (χ2v) is 5.23. The molecule has 96 valence electrons. The Labute approximate surface area is 120 Å². The summed E-state index contributed by atoms with van der Waals surface area (Å²) in [4.78, 5) is 19.9. The molecular weight excluding hydrogens is 278 g/mol. The molecule has 0 unspecified atom stereocenters. The first kappa shape index (κ1) is 13.5. The maximum absolute atomic E-state index is 12.1. The van der Waals surface area contributed by atoms with Gasteiger partial charge in [-0.15, -0.1) is 0 Å². The van der Waals surface area contributed by atoms with Crippen molar-refractivity contribution in [3.63, 3.8) is 0 Å². The normalized spacial score (nSPS) is 9.79. The maximum Gasteiger partial charge on any atom is 0.257 e. The maximum atomic E-state index is 12.1. The lowest BCUT2D eigenvalue weighted by Gasteiger charge is -2.04. The number of thiocarbonyl (C=S) groups is 1. The lowest BCUT2D eigenvalue weighted by molar-refractivity contribution is 0.102. The summed E-state index contributed by atoms with van der Waals surface area (Å²) < 4.78 is 0. The van der Waals surface area contributed by atoms with Crippen molar-refractivity contribution < 1.29 is 4.79 Å². The highest BCUT2D eigenvalue weighted by Gasteiger charge is 2.09. The molecule has 0 saturated heterocycles. The van der Waals surface area contributed by atoms with E-state index in [9.17, 15) is 4.79 Å². The number of aliphatic imine (C=N–C) groups is 1. The summed E-state index contributed by atoms with van der Waals surface area (Å²) in [6.45, 7) is 3.92. The monoisotopic (exact) mass is 289 g/mol. The van der Waals surface area contributed by atoms with E-state index in [1.165, 1.54) is 11.3 Å². The van der Waals surface area contributed by atoms with Crippen molar-refractivity contribution in [2.75, 3.05) is 5.32 Å². The van der Waals surface area contributed by atoms with E-state index in [-0.39, 0.29) is 5.91 Å². The van der Waals surface area contributed by atoms with Crippen LogP contribution in [0.2, 0.25) is 0 Å². The third-order valence-corrected chi connectivity index (χ3v) is 3.25. The Morgan fingerprint density at radius 3 is 2.68 bits per heavy atom. The van der Waals surface area contributed by atoms with Crippen LogP contribution in [0.25, 0.3) is 0 Å². The predicted molar refractivity (Wildman–Crippen MR) is 80.7 cm³/mol. The van der Waals surface area contributed by atoms with Crippen LogP contribution in [0.5, 0.6) is 0 Å². The molecular formula is C13H11N3OS2. The molecule has 0 bridgehead atoms.